The van der Waals surface area contributed by atoms with E-state index in [1.165, 1.54) is 11.1 Å². The van der Waals surface area contributed by atoms with Gasteiger partial charge in [-0.2, -0.15) is 0 Å². The summed E-state index contributed by atoms with van der Waals surface area (Å²) in [6, 6.07) is 6.20. The number of piperidine rings is 1. The van der Waals surface area contributed by atoms with E-state index in [1.807, 2.05) is 19.1 Å². The van der Waals surface area contributed by atoms with Gasteiger partial charge in [-0.25, -0.2) is 8.42 Å². The van der Waals surface area contributed by atoms with Crippen molar-refractivity contribution in [3.05, 3.63) is 29.3 Å². The fourth-order valence-corrected chi connectivity index (χ4v) is 4.48. The number of nitrogens with zero attached hydrogens (tertiary/aromatic N) is 2. The van der Waals surface area contributed by atoms with Gasteiger partial charge in [-0.1, -0.05) is 24.6 Å². The SMILES string of the molecule is CCS(=O)(=O)CC(=O)N1c2ccc(C)cc2[C@@H]2CN(C)CC[C@@H]21. The first-order valence-corrected chi connectivity index (χ1v) is 9.96. The van der Waals surface area contributed by atoms with Crippen molar-refractivity contribution in [2.24, 2.45) is 0 Å². The van der Waals surface area contributed by atoms with Crippen molar-refractivity contribution in [2.45, 2.75) is 32.2 Å². The van der Waals surface area contributed by atoms with Gasteiger partial charge in [0.1, 0.15) is 5.75 Å². The molecule has 0 aliphatic carbocycles. The van der Waals surface area contributed by atoms with Crippen LogP contribution in [0.1, 0.15) is 30.4 Å². The van der Waals surface area contributed by atoms with Gasteiger partial charge in [0, 0.05) is 29.9 Å². The van der Waals surface area contributed by atoms with Crippen molar-refractivity contribution in [2.75, 3.05) is 36.5 Å². The molecule has 2 aliphatic rings. The summed E-state index contributed by atoms with van der Waals surface area (Å²) in [5.41, 5.74) is 3.26. The van der Waals surface area contributed by atoms with Crippen LogP contribution in [0.4, 0.5) is 5.69 Å². The number of hydrogen-bond donors (Lipinski definition) is 0. The Labute approximate surface area is 138 Å². The average Bonchev–Trinajstić information content (AvgIpc) is 2.80. The normalized spacial score (nSPS) is 24.4. The predicted octanol–water partition coefficient (Wildman–Crippen LogP) is 1.56. The van der Waals surface area contributed by atoms with Crippen molar-refractivity contribution in [3.8, 4) is 0 Å². The number of carbonyl (C=O) groups excluding carboxylic acids is 1. The number of likely N-dealkylation sites (tertiary alicyclic amines) is 1. The van der Waals surface area contributed by atoms with E-state index in [1.54, 1.807) is 11.8 Å². The van der Waals surface area contributed by atoms with Crippen LogP contribution in [-0.4, -0.2) is 56.9 Å². The molecule has 126 valence electrons. The van der Waals surface area contributed by atoms with Crippen LogP contribution in [0.3, 0.4) is 0 Å². The predicted molar refractivity (Wildman–Crippen MR) is 91.6 cm³/mol. The smallest absolute Gasteiger partial charge is 0.242 e. The Balaban J connectivity index is 1.99. The van der Waals surface area contributed by atoms with Crippen LogP contribution in [0.25, 0.3) is 0 Å². The summed E-state index contributed by atoms with van der Waals surface area (Å²) in [5.74, 6) is -0.397. The van der Waals surface area contributed by atoms with E-state index in [4.69, 9.17) is 0 Å². The lowest BCUT2D eigenvalue weighted by Crippen LogP contribution is -2.48. The molecule has 0 saturated carbocycles. The number of sulfone groups is 1. The second-order valence-corrected chi connectivity index (χ2v) is 9.08. The van der Waals surface area contributed by atoms with E-state index >= 15 is 0 Å². The van der Waals surface area contributed by atoms with E-state index in [0.717, 1.165) is 25.2 Å². The van der Waals surface area contributed by atoms with Gasteiger partial charge in [-0.3, -0.25) is 4.79 Å². The minimum atomic E-state index is -3.32. The maximum absolute atomic E-state index is 12.7. The van der Waals surface area contributed by atoms with Crippen LogP contribution in [0, 0.1) is 6.92 Å². The van der Waals surface area contributed by atoms with Crippen LogP contribution in [0.15, 0.2) is 18.2 Å². The van der Waals surface area contributed by atoms with E-state index < -0.39 is 15.6 Å². The Kier molecular flexibility index (Phi) is 4.23. The highest BCUT2D eigenvalue weighted by atomic mass is 32.2. The molecule has 6 heteroatoms. The quantitative estimate of drug-likeness (QED) is 0.841. The highest BCUT2D eigenvalue weighted by Crippen LogP contribution is 2.44. The summed E-state index contributed by atoms with van der Waals surface area (Å²) in [6.07, 6.45) is 0.882. The van der Waals surface area contributed by atoms with Crippen LogP contribution in [0.2, 0.25) is 0 Å². The fraction of sp³-hybridized carbons (Fsp3) is 0.588. The van der Waals surface area contributed by atoms with Gasteiger partial charge < -0.3 is 9.80 Å². The number of anilines is 1. The van der Waals surface area contributed by atoms with Gasteiger partial charge in [0.2, 0.25) is 5.91 Å². The Morgan fingerprint density at radius 1 is 1.35 bits per heavy atom. The van der Waals surface area contributed by atoms with Crippen LogP contribution < -0.4 is 4.90 Å². The number of amides is 1. The second kappa shape index (κ2) is 5.91. The number of benzene rings is 1. The van der Waals surface area contributed by atoms with E-state index in [-0.39, 0.29) is 23.6 Å². The minimum Gasteiger partial charge on any atom is -0.307 e. The molecule has 1 aromatic carbocycles. The molecule has 0 radical (unpaired) electrons. The largest absolute Gasteiger partial charge is 0.307 e. The zero-order chi connectivity index (χ0) is 16.8. The number of hydrogen-bond acceptors (Lipinski definition) is 4. The Hall–Kier alpha value is -1.40. The van der Waals surface area contributed by atoms with Gasteiger partial charge in [0.05, 0.1) is 0 Å². The average molecular weight is 336 g/mol. The van der Waals surface area contributed by atoms with Crippen LogP contribution in [0.5, 0.6) is 0 Å². The van der Waals surface area contributed by atoms with E-state index in [2.05, 4.69) is 18.0 Å². The molecule has 2 aliphatic heterocycles. The molecule has 1 saturated heterocycles. The molecule has 1 aromatic rings. The summed E-state index contributed by atoms with van der Waals surface area (Å²) < 4.78 is 23.8. The molecule has 1 fully saturated rings. The highest BCUT2D eigenvalue weighted by molar-refractivity contribution is 7.92. The number of rotatable bonds is 3. The van der Waals surface area contributed by atoms with E-state index in [0.29, 0.717) is 0 Å². The molecule has 0 N–H and O–H groups in total. The molecule has 0 bridgehead atoms. The lowest BCUT2D eigenvalue weighted by molar-refractivity contribution is -0.116. The van der Waals surface area contributed by atoms with Crippen molar-refractivity contribution < 1.29 is 13.2 Å². The number of likely N-dealkylation sites (N-methyl/N-ethyl adjacent to an activating group) is 1. The third-order valence-electron chi connectivity index (χ3n) is 5.01. The van der Waals surface area contributed by atoms with Gasteiger partial charge in [0.15, 0.2) is 9.84 Å². The van der Waals surface area contributed by atoms with Crippen molar-refractivity contribution >= 4 is 21.4 Å². The van der Waals surface area contributed by atoms with Gasteiger partial charge >= 0.3 is 0 Å². The molecule has 5 nitrogen and oxygen atoms in total. The lowest BCUT2D eigenvalue weighted by atomic mass is 9.89. The summed E-state index contributed by atoms with van der Waals surface area (Å²) >= 11 is 0. The molecular weight excluding hydrogens is 312 g/mol. The number of aryl methyl sites for hydroxylation is 1. The summed E-state index contributed by atoms with van der Waals surface area (Å²) in [6.45, 7) is 5.47. The number of fused-ring (bicyclic) bond motifs is 3. The molecule has 3 rings (SSSR count). The van der Waals surface area contributed by atoms with Crippen molar-refractivity contribution in [1.82, 2.24) is 4.90 Å². The molecule has 23 heavy (non-hydrogen) atoms. The first kappa shape index (κ1) is 16.5. The summed E-state index contributed by atoms with van der Waals surface area (Å²) in [7, 11) is -1.22. The minimum absolute atomic E-state index is 0.00413. The third-order valence-corrected chi connectivity index (χ3v) is 6.57. The summed E-state index contributed by atoms with van der Waals surface area (Å²) in [4.78, 5) is 16.8. The standard InChI is InChI=1S/C17H24N2O3S/c1-4-23(21,22)11-17(20)19-15-6-5-12(2)9-13(15)14-10-18(3)8-7-16(14)19/h5-6,9,14,16H,4,7-8,10-11H2,1-3H3/t14-,16-/m0/s1. The van der Waals surface area contributed by atoms with Crippen molar-refractivity contribution in [1.29, 1.82) is 0 Å². The topological polar surface area (TPSA) is 57.7 Å². The molecular formula is C17H24N2O3S. The Morgan fingerprint density at radius 2 is 2.09 bits per heavy atom. The molecule has 0 unspecified atom stereocenters. The zero-order valence-electron chi connectivity index (χ0n) is 13.9. The molecule has 2 heterocycles. The molecule has 1 amide bonds. The first-order chi connectivity index (χ1) is 10.8. The van der Waals surface area contributed by atoms with Gasteiger partial charge in [0.25, 0.3) is 0 Å². The Bertz CT molecular complexity index is 729. The maximum Gasteiger partial charge on any atom is 0.242 e. The van der Waals surface area contributed by atoms with E-state index in [9.17, 15) is 13.2 Å². The summed E-state index contributed by atoms with van der Waals surface area (Å²) in [5, 5.41) is 0. The van der Waals surface area contributed by atoms with Crippen LogP contribution >= 0.6 is 0 Å². The zero-order valence-corrected chi connectivity index (χ0v) is 14.8. The van der Waals surface area contributed by atoms with Gasteiger partial charge in [-0.05, 0) is 38.6 Å². The molecule has 2 atom stereocenters. The monoisotopic (exact) mass is 336 g/mol. The number of carbonyl (C=O) groups is 1. The second-order valence-electron chi connectivity index (χ2n) is 6.73. The lowest BCUT2D eigenvalue weighted by Gasteiger charge is -2.36. The highest BCUT2D eigenvalue weighted by Gasteiger charge is 2.44. The Morgan fingerprint density at radius 3 is 2.78 bits per heavy atom. The third kappa shape index (κ3) is 3.02. The maximum atomic E-state index is 12.7. The van der Waals surface area contributed by atoms with Crippen molar-refractivity contribution in [3.63, 3.8) is 0 Å². The van der Waals surface area contributed by atoms with Crippen LogP contribution in [-0.2, 0) is 14.6 Å². The van der Waals surface area contributed by atoms with Gasteiger partial charge in [-0.15, -0.1) is 0 Å². The molecule has 0 aromatic heterocycles. The molecule has 0 spiro atoms. The first-order valence-electron chi connectivity index (χ1n) is 8.14. The fourth-order valence-electron chi connectivity index (χ4n) is 3.77.